The van der Waals surface area contributed by atoms with Gasteiger partial charge in [-0.05, 0) is 48.4 Å². The lowest BCUT2D eigenvalue weighted by molar-refractivity contribution is 0.0628. The maximum atomic E-state index is 12.9. The van der Waals surface area contributed by atoms with Gasteiger partial charge in [-0.1, -0.05) is 12.1 Å². The highest BCUT2D eigenvalue weighted by molar-refractivity contribution is 7.93. The van der Waals surface area contributed by atoms with Crippen molar-refractivity contribution >= 4 is 21.6 Å². The second-order valence-electron chi connectivity index (χ2n) is 7.70. The molecule has 1 amide bonds. The van der Waals surface area contributed by atoms with Gasteiger partial charge in [0.15, 0.2) is 0 Å². The molecule has 0 aromatic heterocycles. The first-order chi connectivity index (χ1) is 14.5. The van der Waals surface area contributed by atoms with Crippen LogP contribution in [0.2, 0.25) is 0 Å². The average Bonchev–Trinajstić information content (AvgIpc) is 3.13. The minimum Gasteiger partial charge on any atom is -0.497 e. The summed E-state index contributed by atoms with van der Waals surface area (Å²) in [5.41, 5.74) is 2.45. The molecule has 0 spiro atoms. The first-order valence-corrected chi connectivity index (χ1v) is 11.8. The molecule has 2 saturated heterocycles. The molecular weight excluding hydrogens is 402 g/mol. The van der Waals surface area contributed by atoms with Gasteiger partial charge in [0.1, 0.15) is 5.75 Å². The molecule has 0 N–H and O–H groups in total. The number of sulfonamides is 1. The number of anilines is 1. The number of ether oxygens (including phenoxy) is 1. The van der Waals surface area contributed by atoms with Crippen molar-refractivity contribution in [3.05, 3.63) is 59.7 Å². The van der Waals surface area contributed by atoms with Gasteiger partial charge in [0, 0.05) is 44.8 Å². The highest BCUT2D eigenvalue weighted by Crippen LogP contribution is 2.24. The fourth-order valence-corrected chi connectivity index (χ4v) is 5.55. The van der Waals surface area contributed by atoms with Crippen molar-refractivity contribution in [1.82, 2.24) is 9.80 Å². The maximum absolute atomic E-state index is 12.9. The minimum absolute atomic E-state index is 0.00470. The first-order valence-electron chi connectivity index (χ1n) is 10.2. The smallest absolute Gasteiger partial charge is 0.253 e. The normalized spacial score (nSPS) is 19.1. The third kappa shape index (κ3) is 4.44. The number of benzene rings is 2. The van der Waals surface area contributed by atoms with Crippen LogP contribution >= 0.6 is 0 Å². The Labute approximate surface area is 177 Å². The largest absolute Gasteiger partial charge is 0.497 e. The van der Waals surface area contributed by atoms with Crippen molar-refractivity contribution in [2.24, 2.45) is 0 Å². The number of carbonyl (C=O) groups is 1. The second-order valence-corrected chi connectivity index (χ2v) is 9.72. The van der Waals surface area contributed by atoms with E-state index in [2.05, 4.69) is 17.0 Å². The topological polar surface area (TPSA) is 70.2 Å². The van der Waals surface area contributed by atoms with Crippen LogP contribution in [0.4, 0.5) is 5.69 Å². The Bertz CT molecular complexity index is 982. The Morgan fingerprint density at radius 3 is 2.17 bits per heavy atom. The standard InChI is InChI=1S/C22H27N3O4S/c1-29-21-9-3-18(4-10-21)17-23-12-14-24(15-13-23)22(26)19-5-7-20(8-6-19)25-11-2-16-30(25,27)28/h3-10H,2,11-17H2,1H3. The Morgan fingerprint density at radius 2 is 1.60 bits per heavy atom. The van der Waals surface area contributed by atoms with Crippen LogP contribution in [0.5, 0.6) is 5.75 Å². The highest BCUT2D eigenvalue weighted by atomic mass is 32.2. The summed E-state index contributed by atoms with van der Waals surface area (Å²) in [6.45, 7) is 4.36. The first kappa shape index (κ1) is 20.7. The molecule has 2 aromatic carbocycles. The van der Waals surface area contributed by atoms with Crippen molar-refractivity contribution < 1.29 is 17.9 Å². The molecule has 0 saturated carbocycles. The van der Waals surface area contributed by atoms with Crippen LogP contribution in [0.25, 0.3) is 0 Å². The van der Waals surface area contributed by atoms with E-state index in [0.717, 1.165) is 25.4 Å². The molecule has 0 bridgehead atoms. The zero-order valence-corrected chi connectivity index (χ0v) is 18.0. The Morgan fingerprint density at radius 1 is 0.933 bits per heavy atom. The summed E-state index contributed by atoms with van der Waals surface area (Å²) in [5, 5.41) is 0. The maximum Gasteiger partial charge on any atom is 0.253 e. The molecule has 0 atom stereocenters. The van der Waals surface area contributed by atoms with Crippen molar-refractivity contribution in [3.63, 3.8) is 0 Å². The number of methoxy groups -OCH3 is 1. The van der Waals surface area contributed by atoms with Gasteiger partial charge in [-0.2, -0.15) is 0 Å². The molecule has 2 aliphatic rings. The van der Waals surface area contributed by atoms with Gasteiger partial charge in [0.25, 0.3) is 5.91 Å². The molecule has 160 valence electrons. The molecule has 4 rings (SSSR count). The van der Waals surface area contributed by atoms with E-state index in [1.807, 2.05) is 17.0 Å². The van der Waals surface area contributed by atoms with Crippen LogP contribution in [0.3, 0.4) is 0 Å². The van der Waals surface area contributed by atoms with Crippen LogP contribution in [0.15, 0.2) is 48.5 Å². The van der Waals surface area contributed by atoms with Crippen LogP contribution in [-0.4, -0.2) is 69.7 Å². The lowest BCUT2D eigenvalue weighted by atomic mass is 10.1. The summed E-state index contributed by atoms with van der Waals surface area (Å²) in [4.78, 5) is 17.1. The number of nitrogens with zero attached hydrogens (tertiary/aromatic N) is 3. The SMILES string of the molecule is COc1ccc(CN2CCN(C(=O)c3ccc(N4CCCS4(=O)=O)cc3)CC2)cc1. The van der Waals surface area contributed by atoms with E-state index in [-0.39, 0.29) is 11.7 Å². The monoisotopic (exact) mass is 429 g/mol. The van der Waals surface area contributed by atoms with Crippen molar-refractivity contribution in [2.45, 2.75) is 13.0 Å². The quantitative estimate of drug-likeness (QED) is 0.729. The highest BCUT2D eigenvalue weighted by Gasteiger charge is 2.29. The Hall–Kier alpha value is -2.58. The molecule has 0 aliphatic carbocycles. The zero-order valence-electron chi connectivity index (χ0n) is 17.2. The molecular formula is C22H27N3O4S. The molecule has 8 heteroatoms. The fourth-order valence-electron chi connectivity index (χ4n) is 3.98. The second kappa shape index (κ2) is 8.65. The third-order valence-corrected chi connectivity index (χ3v) is 7.60. The summed E-state index contributed by atoms with van der Waals surface area (Å²) in [7, 11) is -1.54. The predicted molar refractivity (Wildman–Crippen MR) is 116 cm³/mol. The molecule has 7 nitrogen and oxygen atoms in total. The Balaban J connectivity index is 1.32. The summed E-state index contributed by atoms with van der Waals surface area (Å²) in [6, 6.07) is 15.0. The summed E-state index contributed by atoms with van der Waals surface area (Å²) < 4.78 is 30.8. The van der Waals surface area contributed by atoms with Crippen molar-refractivity contribution in [2.75, 3.05) is 49.9 Å². The lowest BCUT2D eigenvalue weighted by Gasteiger charge is -2.35. The molecule has 2 heterocycles. The summed E-state index contributed by atoms with van der Waals surface area (Å²) >= 11 is 0. The predicted octanol–water partition coefficient (Wildman–Crippen LogP) is 2.19. The minimum atomic E-state index is -3.20. The van der Waals surface area contributed by atoms with Crippen LogP contribution < -0.4 is 9.04 Å². The van der Waals surface area contributed by atoms with E-state index in [1.165, 1.54) is 9.87 Å². The number of hydrogen-bond donors (Lipinski definition) is 0. The molecule has 2 aromatic rings. The van der Waals surface area contributed by atoms with Gasteiger partial charge in [0.2, 0.25) is 10.0 Å². The van der Waals surface area contributed by atoms with Gasteiger partial charge in [-0.3, -0.25) is 14.0 Å². The average molecular weight is 430 g/mol. The zero-order chi connectivity index (χ0) is 21.1. The third-order valence-electron chi connectivity index (χ3n) is 5.73. The number of hydrogen-bond acceptors (Lipinski definition) is 5. The van der Waals surface area contributed by atoms with Crippen LogP contribution in [0.1, 0.15) is 22.3 Å². The van der Waals surface area contributed by atoms with Crippen molar-refractivity contribution in [1.29, 1.82) is 0 Å². The van der Waals surface area contributed by atoms with Crippen LogP contribution in [-0.2, 0) is 16.6 Å². The molecule has 2 fully saturated rings. The van der Waals surface area contributed by atoms with E-state index >= 15 is 0 Å². The number of piperazine rings is 1. The molecule has 0 unspecified atom stereocenters. The van der Waals surface area contributed by atoms with Gasteiger partial charge < -0.3 is 9.64 Å². The number of amides is 1. The molecule has 2 aliphatic heterocycles. The van der Waals surface area contributed by atoms with Gasteiger partial charge in [-0.15, -0.1) is 0 Å². The van der Waals surface area contributed by atoms with Gasteiger partial charge in [0.05, 0.1) is 18.6 Å². The van der Waals surface area contributed by atoms with Crippen molar-refractivity contribution in [3.8, 4) is 5.75 Å². The number of rotatable bonds is 5. The van der Waals surface area contributed by atoms with E-state index in [0.29, 0.717) is 37.3 Å². The van der Waals surface area contributed by atoms with Crippen LogP contribution in [0, 0.1) is 0 Å². The molecule has 0 radical (unpaired) electrons. The summed E-state index contributed by atoms with van der Waals surface area (Å²) in [6.07, 6.45) is 0.643. The number of carbonyl (C=O) groups excluding carboxylic acids is 1. The summed E-state index contributed by atoms with van der Waals surface area (Å²) in [5.74, 6) is 1.03. The van der Waals surface area contributed by atoms with E-state index in [9.17, 15) is 13.2 Å². The van der Waals surface area contributed by atoms with E-state index < -0.39 is 10.0 Å². The Kier molecular flexibility index (Phi) is 5.97. The lowest BCUT2D eigenvalue weighted by Crippen LogP contribution is -2.48. The van der Waals surface area contributed by atoms with Gasteiger partial charge in [-0.25, -0.2) is 8.42 Å². The molecule has 30 heavy (non-hydrogen) atoms. The van der Waals surface area contributed by atoms with E-state index in [1.54, 1.807) is 31.4 Å². The fraction of sp³-hybridized carbons (Fsp3) is 0.409. The van der Waals surface area contributed by atoms with E-state index in [4.69, 9.17) is 4.74 Å². The van der Waals surface area contributed by atoms with Gasteiger partial charge >= 0.3 is 0 Å².